The van der Waals surface area contributed by atoms with E-state index in [2.05, 4.69) is 20.3 Å². The number of aromatic nitrogens is 3. The molecule has 0 atom stereocenters. The summed E-state index contributed by atoms with van der Waals surface area (Å²) in [6.07, 6.45) is 9.23. The van der Waals surface area contributed by atoms with E-state index in [1.165, 1.54) is 19.3 Å². The van der Waals surface area contributed by atoms with Gasteiger partial charge in [0, 0.05) is 19.3 Å². The summed E-state index contributed by atoms with van der Waals surface area (Å²) in [6.45, 7) is 0. The average Bonchev–Trinajstić information content (AvgIpc) is 2.95. The van der Waals surface area contributed by atoms with Crippen LogP contribution in [0.5, 0.6) is 0 Å². The molecule has 20 heavy (non-hydrogen) atoms. The van der Waals surface area contributed by atoms with Crippen molar-refractivity contribution in [3.63, 3.8) is 0 Å². The highest BCUT2D eigenvalue weighted by molar-refractivity contribution is 5.89. The van der Waals surface area contributed by atoms with Gasteiger partial charge < -0.3 is 9.88 Å². The maximum atomic E-state index is 12.2. The number of amides is 2. The van der Waals surface area contributed by atoms with Crippen LogP contribution in [0.15, 0.2) is 18.5 Å². The van der Waals surface area contributed by atoms with Crippen molar-refractivity contribution in [2.45, 2.75) is 38.1 Å². The molecule has 0 radical (unpaired) electrons. The van der Waals surface area contributed by atoms with E-state index < -0.39 is 0 Å². The molecule has 2 aromatic heterocycles. The van der Waals surface area contributed by atoms with Gasteiger partial charge in [-0.1, -0.05) is 19.3 Å². The van der Waals surface area contributed by atoms with Crippen molar-refractivity contribution in [3.05, 3.63) is 18.5 Å². The Morgan fingerprint density at radius 3 is 3.00 bits per heavy atom. The fourth-order valence-electron chi connectivity index (χ4n) is 2.72. The monoisotopic (exact) mass is 273 g/mol. The van der Waals surface area contributed by atoms with E-state index in [-0.39, 0.29) is 6.03 Å². The first-order valence-corrected chi connectivity index (χ1v) is 7.08. The van der Waals surface area contributed by atoms with Crippen LogP contribution in [0.3, 0.4) is 0 Å². The van der Waals surface area contributed by atoms with Crippen molar-refractivity contribution in [3.8, 4) is 0 Å². The lowest BCUT2D eigenvalue weighted by atomic mass is 9.95. The number of urea groups is 1. The fourth-order valence-corrected chi connectivity index (χ4v) is 2.72. The molecule has 1 saturated carbocycles. The molecule has 2 heterocycles. The second-order valence-electron chi connectivity index (χ2n) is 5.30. The van der Waals surface area contributed by atoms with Crippen LogP contribution >= 0.6 is 0 Å². The number of nitrogens with zero attached hydrogens (tertiary/aromatic N) is 3. The van der Waals surface area contributed by atoms with Gasteiger partial charge in [-0.15, -0.1) is 0 Å². The third-order valence-electron chi connectivity index (χ3n) is 3.94. The highest BCUT2D eigenvalue weighted by Crippen LogP contribution is 2.22. The molecule has 1 fully saturated rings. The number of hydrogen-bond donors (Lipinski definition) is 2. The fraction of sp³-hybridized carbons (Fsp3) is 0.500. The molecule has 0 aliphatic heterocycles. The first-order valence-electron chi connectivity index (χ1n) is 7.08. The number of nitrogens with one attached hydrogen (secondary N) is 2. The van der Waals surface area contributed by atoms with Crippen molar-refractivity contribution >= 4 is 23.0 Å². The molecule has 0 unspecified atom stereocenters. The number of fused-ring (bicyclic) bond motifs is 1. The minimum Gasteiger partial charge on any atom is -0.345 e. The predicted molar refractivity (Wildman–Crippen MR) is 77.5 cm³/mol. The summed E-state index contributed by atoms with van der Waals surface area (Å²) in [7, 11) is 1.85. The third-order valence-corrected chi connectivity index (χ3v) is 3.94. The summed E-state index contributed by atoms with van der Waals surface area (Å²) in [6, 6.07) is 2.07. The molecular weight excluding hydrogens is 254 g/mol. The number of carbonyl (C=O) groups excluding carboxylic acids is 1. The van der Waals surface area contributed by atoms with Gasteiger partial charge in [0.2, 0.25) is 0 Å². The van der Waals surface area contributed by atoms with Crippen molar-refractivity contribution in [2.24, 2.45) is 0 Å². The topological polar surface area (TPSA) is 73.9 Å². The van der Waals surface area contributed by atoms with Gasteiger partial charge in [-0.3, -0.25) is 5.32 Å². The summed E-state index contributed by atoms with van der Waals surface area (Å²) in [5.74, 6) is 0.491. The summed E-state index contributed by atoms with van der Waals surface area (Å²) in [5, 5.41) is 2.82. The minimum atomic E-state index is -0.110. The molecule has 0 bridgehead atoms. The molecule has 1 aliphatic carbocycles. The zero-order valence-electron chi connectivity index (χ0n) is 11.6. The number of carbonyl (C=O) groups is 1. The lowest BCUT2D eigenvalue weighted by molar-refractivity contribution is 0.186. The van der Waals surface area contributed by atoms with Gasteiger partial charge in [-0.2, -0.15) is 0 Å². The molecular formula is C14H19N5O. The quantitative estimate of drug-likeness (QED) is 0.883. The Morgan fingerprint density at radius 2 is 2.20 bits per heavy atom. The molecule has 0 saturated heterocycles. The molecule has 2 amide bonds. The van der Waals surface area contributed by atoms with Crippen LogP contribution in [-0.2, 0) is 0 Å². The molecule has 2 N–H and O–H groups in total. The molecule has 0 aromatic carbocycles. The Morgan fingerprint density at radius 1 is 1.40 bits per heavy atom. The van der Waals surface area contributed by atoms with Gasteiger partial charge >= 0.3 is 6.03 Å². The lowest BCUT2D eigenvalue weighted by Crippen LogP contribution is -2.41. The second kappa shape index (κ2) is 5.48. The van der Waals surface area contributed by atoms with Gasteiger partial charge in [-0.25, -0.2) is 14.8 Å². The van der Waals surface area contributed by atoms with Gasteiger partial charge in [0.05, 0.1) is 6.20 Å². The van der Waals surface area contributed by atoms with E-state index in [1.807, 2.05) is 13.1 Å². The van der Waals surface area contributed by atoms with Crippen molar-refractivity contribution in [1.29, 1.82) is 0 Å². The van der Waals surface area contributed by atoms with Crippen LogP contribution in [0.1, 0.15) is 32.1 Å². The zero-order valence-corrected chi connectivity index (χ0v) is 11.6. The van der Waals surface area contributed by atoms with Crippen molar-refractivity contribution in [1.82, 2.24) is 19.9 Å². The molecule has 2 aromatic rings. The molecule has 1 aliphatic rings. The molecule has 106 valence electrons. The predicted octanol–water partition coefficient (Wildman–Crippen LogP) is 2.75. The molecule has 6 heteroatoms. The van der Waals surface area contributed by atoms with Crippen LogP contribution in [0.4, 0.5) is 10.6 Å². The largest absolute Gasteiger partial charge is 0.345 e. The van der Waals surface area contributed by atoms with Crippen LogP contribution in [0, 0.1) is 0 Å². The lowest BCUT2D eigenvalue weighted by Gasteiger charge is -2.31. The highest BCUT2D eigenvalue weighted by atomic mass is 16.2. The van der Waals surface area contributed by atoms with Crippen molar-refractivity contribution < 1.29 is 4.79 Å². The van der Waals surface area contributed by atoms with E-state index in [9.17, 15) is 4.79 Å². The number of rotatable bonds is 2. The van der Waals surface area contributed by atoms with Crippen LogP contribution in [0.25, 0.3) is 11.2 Å². The Kier molecular flexibility index (Phi) is 3.54. The van der Waals surface area contributed by atoms with Gasteiger partial charge in [-0.05, 0) is 18.9 Å². The number of anilines is 1. The van der Waals surface area contributed by atoms with Gasteiger partial charge in [0.15, 0.2) is 11.5 Å². The van der Waals surface area contributed by atoms with E-state index >= 15 is 0 Å². The minimum absolute atomic E-state index is 0.110. The molecule has 0 spiro atoms. The van der Waals surface area contributed by atoms with E-state index in [0.29, 0.717) is 11.9 Å². The van der Waals surface area contributed by atoms with Crippen LogP contribution in [0.2, 0.25) is 0 Å². The number of H-pyrrole nitrogens is 1. The maximum absolute atomic E-state index is 12.2. The summed E-state index contributed by atoms with van der Waals surface area (Å²) < 4.78 is 0. The Bertz CT molecular complexity index is 602. The second-order valence-corrected chi connectivity index (χ2v) is 5.30. The van der Waals surface area contributed by atoms with Crippen molar-refractivity contribution in [2.75, 3.05) is 12.4 Å². The van der Waals surface area contributed by atoms with Crippen LogP contribution < -0.4 is 5.32 Å². The summed E-state index contributed by atoms with van der Waals surface area (Å²) >= 11 is 0. The van der Waals surface area contributed by atoms with E-state index in [4.69, 9.17) is 0 Å². The SMILES string of the molecule is CN(C(=O)Nc1cnc2[nH]ccc2n1)C1CCCCC1. The van der Waals surface area contributed by atoms with E-state index in [1.54, 1.807) is 17.3 Å². The van der Waals surface area contributed by atoms with Gasteiger partial charge in [0.1, 0.15) is 5.52 Å². The zero-order chi connectivity index (χ0) is 13.9. The standard InChI is InChI=1S/C14H19N5O/c1-19(10-5-3-2-4-6-10)14(20)18-12-9-16-13-11(17-12)7-8-15-13/h7-10H,2-6H2,1H3,(H,15,16)(H,17,18,20). The summed E-state index contributed by atoms with van der Waals surface area (Å²) in [5.41, 5.74) is 1.48. The number of hydrogen-bond acceptors (Lipinski definition) is 3. The Balaban J connectivity index is 1.67. The summed E-state index contributed by atoms with van der Waals surface area (Å²) in [4.78, 5) is 25.6. The first-order chi connectivity index (χ1) is 9.74. The molecule has 6 nitrogen and oxygen atoms in total. The third kappa shape index (κ3) is 2.59. The molecule has 3 rings (SSSR count). The smallest absolute Gasteiger partial charge is 0.323 e. The first kappa shape index (κ1) is 12.9. The number of aromatic amines is 1. The maximum Gasteiger partial charge on any atom is 0.323 e. The Labute approximate surface area is 117 Å². The van der Waals surface area contributed by atoms with E-state index in [0.717, 1.165) is 24.0 Å². The van der Waals surface area contributed by atoms with Gasteiger partial charge in [0.25, 0.3) is 0 Å². The highest BCUT2D eigenvalue weighted by Gasteiger charge is 2.22. The van der Waals surface area contributed by atoms with Crippen LogP contribution in [-0.4, -0.2) is 39.0 Å². The Hall–Kier alpha value is -2.11. The normalized spacial score (nSPS) is 16.2. The average molecular weight is 273 g/mol.